The molecular weight excluding hydrogens is 217 g/mol. The van der Waals surface area contributed by atoms with Crippen molar-refractivity contribution in [3.63, 3.8) is 0 Å². The van der Waals surface area contributed by atoms with E-state index in [0.29, 0.717) is 6.54 Å². The molecular formula is C14H16FNO. The molecule has 0 heterocycles. The van der Waals surface area contributed by atoms with E-state index in [4.69, 9.17) is 0 Å². The number of halogens is 1. The minimum absolute atomic E-state index is 0.118. The van der Waals surface area contributed by atoms with Crippen molar-refractivity contribution in [1.29, 1.82) is 0 Å². The number of rotatable bonds is 4. The molecule has 90 valence electrons. The van der Waals surface area contributed by atoms with Gasteiger partial charge in [0.05, 0.1) is 5.56 Å². The SMILES string of the molecule is O=C(NCCC1=CCCC1)c1ccccc1F. The van der Waals surface area contributed by atoms with Gasteiger partial charge in [0.25, 0.3) is 5.91 Å². The average Bonchev–Trinajstić information content (AvgIpc) is 2.82. The Hall–Kier alpha value is -1.64. The van der Waals surface area contributed by atoms with Crippen LogP contribution in [-0.4, -0.2) is 12.5 Å². The molecule has 1 aliphatic rings. The molecule has 1 amide bonds. The van der Waals surface area contributed by atoms with E-state index in [1.807, 2.05) is 0 Å². The lowest BCUT2D eigenvalue weighted by atomic mass is 10.1. The summed E-state index contributed by atoms with van der Waals surface area (Å²) in [4.78, 5) is 11.7. The van der Waals surface area contributed by atoms with Crippen molar-refractivity contribution in [2.24, 2.45) is 0 Å². The van der Waals surface area contributed by atoms with Gasteiger partial charge in [0.15, 0.2) is 0 Å². The van der Waals surface area contributed by atoms with Gasteiger partial charge in [-0.3, -0.25) is 4.79 Å². The third-order valence-electron chi connectivity index (χ3n) is 2.99. The second-order valence-electron chi connectivity index (χ2n) is 4.24. The maximum atomic E-state index is 13.3. The summed E-state index contributed by atoms with van der Waals surface area (Å²) in [7, 11) is 0. The normalized spacial score (nSPS) is 14.5. The first-order chi connectivity index (χ1) is 8.27. The average molecular weight is 233 g/mol. The summed E-state index contributed by atoms with van der Waals surface area (Å²) < 4.78 is 13.3. The number of carbonyl (C=O) groups is 1. The molecule has 1 aliphatic carbocycles. The van der Waals surface area contributed by atoms with Crippen molar-refractivity contribution >= 4 is 5.91 Å². The predicted molar refractivity (Wildman–Crippen MR) is 65.3 cm³/mol. The number of hydrogen-bond acceptors (Lipinski definition) is 1. The highest BCUT2D eigenvalue weighted by atomic mass is 19.1. The number of carbonyl (C=O) groups excluding carboxylic acids is 1. The lowest BCUT2D eigenvalue weighted by Gasteiger charge is -2.06. The Morgan fingerprint density at radius 2 is 2.18 bits per heavy atom. The number of allylic oxidation sites excluding steroid dienone is 1. The topological polar surface area (TPSA) is 29.1 Å². The lowest BCUT2D eigenvalue weighted by Crippen LogP contribution is -2.25. The first-order valence-corrected chi connectivity index (χ1v) is 5.98. The van der Waals surface area contributed by atoms with Crippen LogP contribution in [0.1, 0.15) is 36.0 Å². The highest BCUT2D eigenvalue weighted by Gasteiger charge is 2.10. The second kappa shape index (κ2) is 5.62. The largest absolute Gasteiger partial charge is 0.352 e. The third kappa shape index (κ3) is 3.16. The number of benzene rings is 1. The number of hydrogen-bond donors (Lipinski definition) is 1. The van der Waals surface area contributed by atoms with E-state index in [1.165, 1.54) is 24.1 Å². The van der Waals surface area contributed by atoms with Gasteiger partial charge in [0, 0.05) is 6.54 Å². The maximum absolute atomic E-state index is 13.3. The fourth-order valence-electron chi connectivity index (χ4n) is 2.04. The Bertz CT molecular complexity index is 440. The van der Waals surface area contributed by atoms with E-state index in [1.54, 1.807) is 12.1 Å². The quantitative estimate of drug-likeness (QED) is 0.796. The van der Waals surface area contributed by atoms with Crippen LogP contribution in [0.4, 0.5) is 4.39 Å². The summed E-state index contributed by atoms with van der Waals surface area (Å²) in [6, 6.07) is 6.04. The van der Waals surface area contributed by atoms with E-state index in [9.17, 15) is 9.18 Å². The first-order valence-electron chi connectivity index (χ1n) is 5.98. The van der Waals surface area contributed by atoms with Crippen LogP contribution < -0.4 is 5.32 Å². The Morgan fingerprint density at radius 3 is 2.88 bits per heavy atom. The Kier molecular flexibility index (Phi) is 3.91. The smallest absolute Gasteiger partial charge is 0.254 e. The minimum atomic E-state index is -0.468. The minimum Gasteiger partial charge on any atom is -0.352 e. The van der Waals surface area contributed by atoms with Crippen molar-refractivity contribution in [2.75, 3.05) is 6.54 Å². The Balaban J connectivity index is 1.83. The predicted octanol–water partition coefficient (Wildman–Crippen LogP) is 3.06. The van der Waals surface area contributed by atoms with Crippen molar-refractivity contribution in [2.45, 2.75) is 25.7 Å². The van der Waals surface area contributed by atoms with Crippen LogP contribution in [0.15, 0.2) is 35.9 Å². The van der Waals surface area contributed by atoms with E-state index in [2.05, 4.69) is 11.4 Å². The van der Waals surface area contributed by atoms with Gasteiger partial charge in [0.2, 0.25) is 0 Å². The molecule has 0 saturated heterocycles. The zero-order valence-corrected chi connectivity index (χ0v) is 9.71. The summed E-state index contributed by atoms with van der Waals surface area (Å²) in [6.45, 7) is 0.582. The Labute approximate surface area is 101 Å². The summed E-state index contributed by atoms with van der Waals surface area (Å²) in [5, 5.41) is 2.75. The Morgan fingerprint density at radius 1 is 1.35 bits per heavy atom. The fraction of sp³-hybridized carbons (Fsp3) is 0.357. The van der Waals surface area contributed by atoms with Crippen LogP contribution in [0.5, 0.6) is 0 Å². The zero-order chi connectivity index (χ0) is 12.1. The van der Waals surface area contributed by atoms with Crippen LogP contribution in [0, 0.1) is 5.82 Å². The zero-order valence-electron chi connectivity index (χ0n) is 9.71. The van der Waals surface area contributed by atoms with Gasteiger partial charge in [-0.1, -0.05) is 23.8 Å². The van der Waals surface area contributed by atoms with Crippen molar-refractivity contribution in [3.05, 3.63) is 47.3 Å². The molecule has 2 rings (SSSR count). The van der Waals surface area contributed by atoms with Crippen LogP contribution in [0.3, 0.4) is 0 Å². The molecule has 3 heteroatoms. The first kappa shape index (κ1) is 11.8. The van der Waals surface area contributed by atoms with Crippen LogP contribution >= 0.6 is 0 Å². The van der Waals surface area contributed by atoms with Gasteiger partial charge >= 0.3 is 0 Å². The highest BCUT2D eigenvalue weighted by molar-refractivity contribution is 5.94. The van der Waals surface area contributed by atoms with Gasteiger partial charge in [-0.05, 0) is 37.8 Å². The summed E-state index contributed by atoms with van der Waals surface area (Å²) >= 11 is 0. The van der Waals surface area contributed by atoms with Crippen molar-refractivity contribution < 1.29 is 9.18 Å². The van der Waals surface area contributed by atoms with Gasteiger partial charge in [-0.15, -0.1) is 0 Å². The van der Waals surface area contributed by atoms with E-state index >= 15 is 0 Å². The van der Waals surface area contributed by atoms with E-state index < -0.39 is 5.82 Å². The maximum Gasteiger partial charge on any atom is 0.254 e. The molecule has 0 aliphatic heterocycles. The van der Waals surface area contributed by atoms with Crippen LogP contribution in [0.2, 0.25) is 0 Å². The standard InChI is InChI=1S/C14H16FNO/c15-13-8-4-3-7-12(13)14(17)16-10-9-11-5-1-2-6-11/h3-5,7-8H,1-2,6,9-10H2,(H,16,17). The molecule has 2 nitrogen and oxygen atoms in total. The molecule has 0 saturated carbocycles. The fourth-order valence-corrected chi connectivity index (χ4v) is 2.04. The van der Waals surface area contributed by atoms with Crippen molar-refractivity contribution in [1.82, 2.24) is 5.32 Å². The van der Waals surface area contributed by atoms with Gasteiger partial charge < -0.3 is 5.32 Å². The molecule has 0 aromatic heterocycles. The van der Waals surface area contributed by atoms with Crippen LogP contribution in [0.25, 0.3) is 0 Å². The molecule has 0 atom stereocenters. The van der Waals surface area contributed by atoms with Gasteiger partial charge in [-0.25, -0.2) is 4.39 Å². The highest BCUT2D eigenvalue weighted by Crippen LogP contribution is 2.19. The molecule has 0 radical (unpaired) electrons. The van der Waals surface area contributed by atoms with Gasteiger partial charge in [0.1, 0.15) is 5.82 Å². The summed E-state index contributed by atoms with van der Waals surface area (Å²) in [5.41, 5.74) is 1.52. The monoisotopic (exact) mass is 233 g/mol. The molecule has 17 heavy (non-hydrogen) atoms. The molecule has 0 unspecified atom stereocenters. The summed E-state index contributed by atoms with van der Waals surface area (Å²) in [5.74, 6) is -0.799. The molecule has 0 bridgehead atoms. The number of nitrogens with one attached hydrogen (secondary N) is 1. The third-order valence-corrected chi connectivity index (χ3v) is 2.99. The van der Waals surface area contributed by atoms with Gasteiger partial charge in [-0.2, -0.15) is 0 Å². The molecule has 1 N–H and O–H groups in total. The van der Waals surface area contributed by atoms with E-state index in [-0.39, 0.29) is 11.5 Å². The summed E-state index contributed by atoms with van der Waals surface area (Å²) in [6.07, 6.45) is 6.61. The van der Waals surface area contributed by atoms with Crippen LogP contribution in [-0.2, 0) is 0 Å². The molecule has 1 aromatic rings. The van der Waals surface area contributed by atoms with E-state index in [0.717, 1.165) is 19.3 Å². The molecule has 1 aromatic carbocycles. The lowest BCUT2D eigenvalue weighted by molar-refractivity contribution is 0.0950. The molecule has 0 fully saturated rings. The second-order valence-corrected chi connectivity index (χ2v) is 4.24. The van der Waals surface area contributed by atoms with Crippen molar-refractivity contribution in [3.8, 4) is 0 Å². The molecule has 0 spiro atoms. The number of amides is 1.